The van der Waals surface area contributed by atoms with Gasteiger partial charge in [-0.1, -0.05) is 84.0 Å². The number of rotatable bonds is 9. The first-order valence-corrected chi connectivity index (χ1v) is 11.0. The summed E-state index contributed by atoms with van der Waals surface area (Å²) < 4.78 is 0. The molecular formula is C22H23ClN4OS. The quantitative estimate of drug-likeness (QED) is 0.300. The smallest absolute Gasteiger partial charge is 0.258 e. The SMILES string of the molecule is CSc1nc(Cl)c(C(=O)NCCc2ccccc2)c(NCCc2ccccc2)n1. The van der Waals surface area contributed by atoms with Crippen LogP contribution >= 0.6 is 23.4 Å². The molecule has 7 heteroatoms. The zero-order valence-corrected chi connectivity index (χ0v) is 17.8. The third kappa shape index (κ3) is 6.21. The molecule has 1 amide bonds. The van der Waals surface area contributed by atoms with E-state index in [1.165, 1.54) is 17.3 Å². The fourth-order valence-corrected chi connectivity index (χ4v) is 3.53. The molecule has 3 aromatic rings. The number of anilines is 1. The molecular weight excluding hydrogens is 404 g/mol. The highest BCUT2D eigenvalue weighted by molar-refractivity contribution is 7.98. The number of nitrogens with one attached hydrogen (secondary N) is 2. The third-order valence-electron chi connectivity index (χ3n) is 4.34. The van der Waals surface area contributed by atoms with Crippen LogP contribution in [0.25, 0.3) is 0 Å². The Morgan fingerprint density at radius 2 is 1.52 bits per heavy atom. The number of carbonyl (C=O) groups is 1. The first-order chi connectivity index (χ1) is 14.2. The number of nitrogens with zero attached hydrogens (tertiary/aromatic N) is 2. The molecule has 0 saturated heterocycles. The third-order valence-corrected chi connectivity index (χ3v) is 5.17. The Kier molecular flexibility index (Phi) is 7.90. The summed E-state index contributed by atoms with van der Waals surface area (Å²) in [5, 5.41) is 6.86. The zero-order chi connectivity index (χ0) is 20.5. The molecule has 150 valence electrons. The Labute approximate surface area is 180 Å². The monoisotopic (exact) mass is 426 g/mol. The number of carbonyl (C=O) groups excluding carboxylic acids is 1. The standard InChI is InChI=1S/C22H23ClN4OS/c1-29-22-26-19(23)18(21(28)25-15-13-17-10-6-3-7-11-17)20(27-22)24-14-12-16-8-4-2-5-9-16/h2-11H,12-15H2,1H3,(H,25,28)(H,24,26,27). The maximum Gasteiger partial charge on any atom is 0.258 e. The fourth-order valence-electron chi connectivity index (χ4n) is 2.86. The minimum atomic E-state index is -0.277. The number of hydrogen-bond donors (Lipinski definition) is 2. The Bertz CT molecular complexity index is 938. The van der Waals surface area contributed by atoms with E-state index in [9.17, 15) is 4.79 Å². The number of amides is 1. The van der Waals surface area contributed by atoms with Gasteiger partial charge in [0, 0.05) is 13.1 Å². The summed E-state index contributed by atoms with van der Waals surface area (Å²) in [6, 6.07) is 20.2. The Morgan fingerprint density at radius 3 is 2.10 bits per heavy atom. The van der Waals surface area contributed by atoms with Crippen LogP contribution in [-0.4, -0.2) is 35.2 Å². The van der Waals surface area contributed by atoms with E-state index >= 15 is 0 Å². The molecule has 0 unspecified atom stereocenters. The molecule has 2 N–H and O–H groups in total. The first kappa shape index (κ1) is 21.1. The van der Waals surface area contributed by atoms with E-state index in [1.807, 2.05) is 54.8 Å². The second-order valence-electron chi connectivity index (χ2n) is 6.38. The maximum absolute atomic E-state index is 12.8. The highest BCUT2D eigenvalue weighted by Crippen LogP contribution is 2.24. The van der Waals surface area contributed by atoms with Crippen molar-refractivity contribution in [2.45, 2.75) is 18.0 Å². The number of halogens is 1. The predicted molar refractivity (Wildman–Crippen MR) is 120 cm³/mol. The normalized spacial score (nSPS) is 10.6. The summed E-state index contributed by atoms with van der Waals surface area (Å²) in [6.07, 6.45) is 3.43. The minimum absolute atomic E-state index is 0.156. The van der Waals surface area contributed by atoms with Crippen LogP contribution in [0.4, 0.5) is 5.82 Å². The molecule has 3 rings (SSSR count). The number of hydrogen-bond acceptors (Lipinski definition) is 5. The summed E-state index contributed by atoms with van der Waals surface area (Å²) in [5.41, 5.74) is 2.65. The molecule has 0 saturated carbocycles. The van der Waals surface area contributed by atoms with E-state index in [0.717, 1.165) is 18.4 Å². The highest BCUT2D eigenvalue weighted by Gasteiger charge is 2.19. The lowest BCUT2D eigenvalue weighted by molar-refractivity contribution is 0.0954. The van der Waals surface area contributed by atoms with Crippen molar-refractivity contribution in [3.8, 4) is 0 Å². The van der Waals surface area contributed by atoms with Gasteiger partial charge < -0.3 is 10.6 Å². The van der Waals surface area contributed by atoms with Crippen molar-refractivity contribution in [1.82, 2.24) is 15.3 Å². The summed E-state index contributed by atoms with van der Waals surface area (Å²) >= 11 is 7.72. The number of thioether (sulfide) groups is 1. The van der Waals surface area contributed by atoms with Crippen molar-refractivity contribution in [2.75, 3.05) is 24.7 Å². The lowest BCUT2D eigenvalue weighted by atomic mass is 10.1. The molecule has 1 heterocycles. The summed E-state index contributed by atoms with van der Waals surface area (Å²) in [4.78, 5) is 21.5. The predicted octanol–water partition coefficient (Wildman–Crippen LogP) is 4.48. The van der Waals surface area contributed by atoms with Gasteiger partial charge in [-0.05, 0) is 30.2 Å². The van der Waals surface area contributed by atoms with Gasteiger partial charge in [0.1, 0.15) is 16.5 Å². The number of aromatic nitrogens is 2. The lowest BCUT2D eigenvalue weighted by Crippen LogP contribution is -2.28. The molecule has 0 aliphatic heterocycles. The van der Waals surface area contributed by atoms with E-state index in [4.69, 9.17) is 11.6 Å². The van der Waals surface area contributed by atoms with Crippen LogP contribution in [0.5, 0.6) is 0 Å². The van der Waals surface area contributed by atoms with Crippen molar-refractivity contribution >= 4 is 35.1 Å². The second-order valence-corrected chi connectivity index (χ2v) is 7.51. The van der Waals surface area contributed by atoms with Gasteiger partial charge in [0.05, 0.1) is 0 Å². The molecule has 0 fully saturated rings. The van der Waals surface area contributed by atoms with E-state index in [2.05, 4.69) is 32.7 Å². The molecule has 0 aliphatic carbocycles. The van der Waals surface area contributed by atoms with Crippen LogP contribution in [0, 0.1) is 0 Å². The first-order valence-electron chi connectivity index (χ1n) is 9.39. The second kappa shape index (κ2) is 10.8. The molecule has 0 bridgehead atoms. The van der Waals surface area contributed by atoms with Crippen LogP contribution in [0.3, 0.4) is 0 Å². The van der Waals surface area contributed by atoms with Crippen molar-refractivity contribution in [2.24, 2.45) is 0 Å². The Hall–Kier alpha value is -2.57. The Morgan fingerprint density at radius 1 is 0.931 bits per heavy atom. The van der Waals surface area contributed by atoms with E-state index in [-0.39, 0.29) is 16.6 Å². The molecule has 0 aliphatic rings. The lowest BCUT2D eigenvalue weighted by Gasteiger charge is -2.13. The number of benzene rings is 2. The van der Waals surface area contributed by atoms with Gasteiger partial charge in [-0.2, -0.15) is 0 Å². The zero-order valence-electron chi connectivity index (χ0n) is 16.2. The van der Waals surface area contributed by atoms with Crippen LogP contribution in [0.2, 0.25) is 5.15 Å². The van der Waals surface area contributed by atoms with Gasteiger partial charge in [-0.3, -0.25) is 4.79 Å². The minimum Gasteiger partial charge on any atom is -0.369 e. The van der Waals surface area contributed by atoms with Crippen LogP contribution in [-0.2, 0) is 12.8 Å². The molecule has 2 aromatic carbocycles. The highest BCUT2D eigenvalue weighted by atomic mass is 35.5. The van der Waals surface area contributed by atoms with Crippen molar-refractivity contribution in [3.05, 3.63) is 82.5 Å². The van der Waals surface area contributed by atoms with Crippen LogP contribution in [0.15, 0.2) is 65.8 Å². The molecule has 0 spiro atoms. The van der Waals surface area contributed by atoms with Crippen LogP contribution in [0.1, 0.15) is 21.5 Å². The van der Waals surface area contributed by atoms with E-state index in [1.54, 1.807) is 0 Å². The van der Waals surface area contributed by atoms with Crippen molar-refractivity contribution < 1.29 is 4.79 Å². The van der Waals surface area contributed by atoms with Gasteiger partial charge in [0.15, 0.2) is 5.16 Å². The topological polar surface area (TPSA) is 66.9 Å². The Balaban J connectivity index is 1.67. The van der Waals surface area contributed by atoms with E-state index < -0.39 is 0 Å². The summed E-state index contributed by atoms with van der Waals surface area (Å²) in [7, 11) is 0. The van der Waals surface area contributed by atoms with Gasteiger partial charge in [0.2, 0.25) is 0 Å². The van der Waals surface area contributed by atoms with Gasteiger partial charge in [-0.25, -0.2) is 9.97 Å². The average Bonchev–Trinajstić information content (AvgIpc) is 2.75. The molecule has 5 nitrogen and oxygen atoms in total. The molecule has 0 atom stereocenters. The molecule has 1 aromatic heterocycles. The van der Waals surface area contributed by atoms with E-state index in [0.29, 0.717) is 24.1 Å². The van der Waals surface area contributed by atoms with Gasteiger partial charge >= 0.3 is 0 Å². The molecule has 29 heavy (non-hydrogen) atoms. The fraction of sp³-hybridized carbons (Fsp3) is 0.227. The van der Waals surface area contributed by atoms with Crippen molar-refractivity contribution in [3.63, 3.8) is 0 Å². The average molecular weight is 427 g/mol. The summed E-state index contributed by atoms with van der Waals surface area (Å²) in [5.74, 6) is 0.184. The van der Waals surface area contributed by atoms with Crippen molar-refractivity contribution in [1.29, 1.82) is 0 Å². The van der Waals surface area contributed by atoms with Gasteiger partial charge in [0.25, 0.3) is 5.91 Å². The maximum atomic E-state index is 12.8. The van der Waals surface area contributed by atoms with Gasteiger partial charge in [-0.15, -0.1) is 0 Å². The largest absolute Gasteiger partial charge is 0.369 e. The van der Waals surface area contributed by atoms with Crippen LogP contribution < -0.4 is 10.6 Å². The molecule has 0 radical (unpaired) electrons. The summed E-state index contributed by atoms with van der Waals surface area (Å²) in [6.45, 7) is 1.14.